The molecule has 29 heavy (non-hydrogen) atoms. The lowest BCUT2D eigenvalue weighted by Gasteiger charge is -2.28. The van der Waals surface area contributed by atoms with Gasteiger partial charge in [-0.3, -0.25) is 4.90 Å². The van der Waals surface area contributed by atoms with Crippen LogP contribution in [0, 0.1) is 0 Å². The highest BCUT2D eigenvalue weighted by Crippen LogP contribution is 2.34. The van der Waals surface area contributed by atoms with E-state index < -0.39 is 7.92 Å². The van der Waals surface area contributed by atoms with Crippen molar-refractivity contribution in [3.8, 4) is 0 Å². The zero-order valence-electron chi connectivity index (χ0n) is 17.1. The molecule has 0 unspecified atom stereocenters. The maximum atomic E-state index is 5.79. The Kier molecular flexibility index (Phi) is 10.6. The first-order valence-corrected chi connectivity index (χ1v) is 11.9. The maximum absolute atomic E-state index is 5.79. The van der Waals surface area contributed by atoms with E-state index in [-0.39, 0.29) is 0 Å². The van der Waals surface area contributed by atoms with Crippen molar-refractivity contribution >= 4 is 18.5 Å². The minimum atomic E-state index is -0.470. The number of ether oxygens (including phenoxy) is 4. The Morgan fingerprint density at radius 2 is 0.931 bits per heavy atom. The molecule has 0 atom stereocenters. The van der Waals surface area contributed by atoms with Crippen molar-refractivity contribution in [1.82, 2.24) is 4.90 Å². The Balaban J connectivity index is 1.65. The summed E-state index contributed by atoms with van der Waals surface area (Å²) in [5.41, 5.74) is 0. The summed E-state index contributed by atoms with van der Waals surface area (Å²) in [6.07, 6.45) is 0.989. The van der Waals surface area contributed by atoms with E-state index in [0.29, 0.717) is 52.9 Å². The first-order chi connectivity index (χ1) is 14.4. The van der Waals surface area contributed by atoms with E-state index in [2.05, 4.69) is 65.6 Å². The molecule has 5 nitrogen and oxygen atoms in total. The molecule has 2 aromatic carbocycles. The van der Waals surface area contributed by atoms with Gasteiger partial charge in [-0.1, -0.05) is 60.7 Å². The molecule has 0 aliphatic carbocycles. The van der Waals surface area contributed by atoms with E-state index >= 15 is 0 Å². The zero-order chi connectivity index (χ0) is 20.0. The van der Waals surface area contributed by atoms with Crippen LogP contribution in [0.1, 0.15) is 0 Å². The third kappa shape index (κ3) is 8.51. The van der Waals surface area contributed by atoms with Gasteiger partial charge in [0.2, 0.25) is 0 Å². The molecule has 1 aliphatic heterocycles. The molecule has 0 N–H and O–H groups in total. The molecule has 0 aromatic heterocycles. The Bertz CT molecular complexity index is 603. The SMILES string of the molecule is c1ccc(P(CN2CCOCCOCCOCCOCC2)c2ccccc2)cc1. The highest BCUT2D eigenvalue weighted by molar-refractivity contribution is 7.72. The topological polar surface area (TPSA) is 40.2 Å². The van der Waals surface area contributed by atoms with Crippen LogP contribution >= 0.6 is 7.92 Å². The Morgan fingerprint density at radius 1 is 0.552 bits per heavy atom. The van der Waals surface area contributed by atoms with Gasteiger partial charge >= 0.3 is 0 Å². The molecular weight excluding hydrogens is 385 g/mol. The Hall–Kier alpha value is -1.33. The van der Waals surface area contributed by atoms with E-state index in [1.54, 1.807) is 0 Å². The second kappa shape index (κ2) is 13.8. The minimum Gasteiger partial charge on any atom is -0.378 e. The molecule has 1 aliphatic rings. The van der Waals surface area contributed by atoms with Crippen molar-refractivity contribution in [2.75, 3.05) is 72.2 Å². The quantitative estimate of drug-likeness (QED) is 0.715. The van der Waals surface area contributed by atoms with Crippen LogP contribution in [0.2, 0.25) is 0 Å². The highest BCUT2D eigenvalue weighted by atomic mass is 31.1. The molecule has 0 saturated carbocycles. The lowest BCUT2D eigenvalue weighted by atomic mass is 10.4. The van der Waals surface area contributed by atoms with Crippen LogP contribution in [-0.4, -0.2) is 77.1 Å². The molecule has 1 fully saturated rings. The van der Waals surface area contributed by atoms with E-state index in [1.807, 2.05) is 0 Å². The van der Waals surface area contributed by atoms with E-state index in [4.69, 9.17) is 18.9 Å². The summed E-state index contributed by atoms with van der Waals surface area (Å²) in [7, 11) is -0.470. The van der Waals surface area contributed by atoms with E-state index in [1.165, 1.54) is 10.6 Å². The summed E-state index contributed by atoms with van der Waals surface area (Å²) in [5.74, 6) is 0. The fourth-order valence-corrected chi connectivity index (χ4v) is 5.50. The van der Waals surface area contributed by atoms with Crippen LogP contribution in [0.3, 0.4) is 0 Å². The maximum Gasteiger partial charge on any atom is 0.0701 e. The van der Waals surface area contributed by atoms with Crippen LogP contribution in [0.15, 0.2) is 60.7 Å². The smallest absolute Gasteiger partial charge is 0.0701 e. The number of hydrogen-bond acceptors (Lipinski definition) is 5. The third-order valence-electron chi connectivity index (χ3n) is 4.70. The van der Waals surface area contributed by atoms with Crippen molar-refractivity contribution in [2.45, 2.75) is 0 Å². The summed E-state index contributed by atoms with van der Waals surface area (Å²) >= 11 is 0. The van der Waals surface area contributed by atoms with E-state index in [0.717, 1.165) is 19.4 Å². The number of nitrogens with zero attached hydrogens (tertiary/aromatic N) is 1. The van der Waals surface area contributed by atoms with Crippen molar-refractivity contribution < 1.29 is 18.9 Å². The monoisotopic (exact) mass is 417 g/mol. The van der Waals surface area contributed by atoms with E-state index in [9.17, 15) is 0 Å². The molecule has 158 valence electrons. The first kappa shape index (κ1) is 22.4. The van der Waals surface area contributed by atoms with Gasteiger partial charge in [0.1, 0.15) is 0 Å². The standard InChI is InChI=1S/C23H32NO4P/c1-3-7-22(8-4-1)29(23-9-5-2-6-10-23)21-24-11-13-25-15-17-27-19-20-28-18-16-26-14-12-24/h1-10H,11-21H2. The fourth-order valence-electron chi connectivity index (χ4n) is 3.13. The zero-order valence-corrected chi connectivity index (χ0v) is 18.0. The van der Waals surface area contributed by atoms with Crippen LogP contribution < -0.4 is 10.6 Å². The molecule has 1 heterocycles. The van der Waals surface area contributed by atoms with Crippen molar-refractivity contribution in [2.24, 2.45) is 0 Å². The number of hydrogen-bond donors (Lipinski definition) is 0. The van der Waals surface area contributed by atoms with Gasteiger partial charge in [-0.05, 0) is 18.5 Å². The summed E-state index contributed by atoms with van der Waals surface area (Å²) in [5, 5.41) is 2.79. The van der Waals surface area contributed by atoms with Gasteiger partial charge in [0.25, 0.3) is 0 Å². The molecule has 0 bridgehead atoms. The highest BCUT2D eigenvalue weighted by Gasteiger charge is 2.18. The molecule has 0 radical (unpaired) electrons. The average Bonchev–Trinajstić information content (AvgIpc) is 2.78. The fraction of sp³-hybridized carbons (Fsp3) is 0.478. The summed E-state index contributed by atoms with van der Waals surface area (Å²) in [6.45, 7) is 6.85. The Morgan fingerprint density at radius 3 is 1.34 bits per heavy atom. The van der Waals surface area contributed by atoms with Gasteiger partial charge in [0, 0.05) is 19.4 Å². The van der Waals surface area contributed by atoms with Gasteiger partial charge < -0.3 is 18.9 Å². The van der Waals surface area contributed by atoms with Crippen LogP contribution in [0.25, 0.3) is 0 Å². The second-order valence-electron chi connectivity index (χ2n) is 6.81. The van der Waals surface area contributed by atoms with Crippen molar-refractivity contribution in [1.29, 1.82) is 0 Å². The van der Waals surface area contributed by atoms with Crippen molar-refractivity contribution in [3.63, 3.8) is 0 Å². The predicted octanol–water partition coefficient (Wildman–Crippen LogP) is 2.46. The van der Waals surface area contributed by atoms with Gasteiger partial charge in [-0.2, -0.15) is 0 Å². The predicted molar refractivity (Wildman–Crippen MR) is 119 cm³/mol. The molecular formula is C23H32NO4P. The second-order valence-corrected chi connectivity index (χ2v) is 8.98. The summed E-state index contributed by atoms with van der Waals surface area (Å²) in [6, 6.07) is 21.7. The molecule has 2 aromatic rings. The lowest BCUT2D eigenvalue weighted by Crippen LogP contribution is -2.34. The lowest BCUT2D eigenvalue weighted by molar-refractivity contribution is 0.00206. The number of benzene rings is 2. The number of rotatable bonds is 4. The molecule has 1 saturated heterocycles. The summed E-state index contributed by atoms with van der Waals surface area (Å²) in [4.78, 5) is 2.47. The largest absolute Gasteiger partial charge is 0.378 e. The average molecular weight is 417 g/mol. The van der Waals surface area contributed by atoms with Gasteiger partial charge in [-0.15, -0.1) is 0 Å². The van der Waals surface area contributed by atoms with Crippen LogP contribution in [0.5, 0.6) is 0 Å². The molecule has 6 heteroatoms. The van der Waals surface area contributed by atoms with Crippen LogP contribution in [0.4, 0.5) is 0 Å². The third-order valence-corrected chi connectivity index (χ3v) is 7.22. The van der Waals surface area contributed by atoms with Crippen molar-refractivity contribution in [3.05, 3.63) is 60.7 Å². The van der Waals surface area contributed by atoms with Gasteiger partial charge in [-0.25, -0.2) is 0 Å². The summed E-state index contributed by atoms with van der Waals surface area (Å²) < 4.78 is 22.6. The Labute approximate surface area is 175 Å². The normalized spacial score (nSPS) is 18.8. The molecule has 0 amide bonds. The molecule has 3 rings (SSSR count). The molecule has 0 spiro atoms. The minimum absolute atomic E-state index is 0.470. The van der Waals surface area contributed by atoms with Gasteiger partial charge in [0.15, 0.2) is 0 Å². The first-order valence-electron chi connectivity index (χ1n) is 10.3. The van der Waals surface area contributed by atoms with Gasteiger partial charge in [0.05, 0.1) is 52.9 Å². The van der Waals surface area contributed by atoms with Crippen LogP contribution in [-0.2, 0) is 18.9 Å².